The highest BCUT2D eigenvalue weighted by molar-refractivity contribution is 5.58. The van der Waals surface area contributed by atoms with Crippen molar-refractivity contribution >= 4 is 0 Å². The fourth-order valence-electron chi connectivity index (χ4n) is 7.21. The average molecular weight is 589 g/mol. The first-order valence-electron chi connectivity index (χ1n) is 17.1. The highest BCUT2D eigenvalue weighted by Crippen LogP contribution is 2.49. The second kappa shape index (κ2) is 11.4. The summed E-state index contributed by atoms with van der Waals surface area (Å²) >= 11 is 0. The predicted molar refractivity (Wildman–Crippen MR) is 196 cm³/mol. The molecule has 0 aromatic heterocycles. The van der Waals surface area contributed by atoms with E-state index in [1.807, 2.05) is 0 Å². The molecular formula is C43H72. The summed E-state index contributed by atoms with van der Waals surface area (Å²) < 4.78 is 0. The molecule has 0 heterocycles. The van der Waals surface area contributed by atoms with Crippen molar-refractivity contribution in [3.63, 3.8) is 0 Å². The maximum Gasteiger partial charge on any atom is -0.0126 e. The van der Waals surface area contributed by atoms with Crippen molar-refractivity contribution < 1.29 is 0 Å². The van der Waals surface area contributed by atoms with Crippen LogP contribution in [0, 0.1) is 0 Å². The Morgan fingerprint density at radius 2 is 0.721 bits per heavy atom. The Morgan fingerprint density at radius 1 is 0.372 bits per heavy atom. The summed E-state index contributed by atoms with van der Waals surface area (Å²) in [4.78, 5) is 0. The minimum absolute atomic E-state index is 0.0299. The number of rotatable bonds is 3. The van der Waals surface area contributed by atoms with Gasteiger partial charge in [0.15, 0.2) is 0 Å². The van der Waals surface area contributed by atoms with E-state index in [0.717, 1.165) is 6.42 Å². The quantitative estimate of drug-likeness (QED) is 0.334. The van der Waals surface area contributed by atoms with Crippen LogP contribution in [0.15, 0.2) is 18.2 Å². The van der Waals surface area contributed by atoms with E-state index in [2.05, 4.69) is 171 Å². The van der Waals surface area contributed by atoms with Crippen LogP contribution in [-0.4, -0.2) is 0 Å². The summed E-state index contributed by atoms with van der Waals surface area (Å²) in [5.74, 6) is 0.389. The second-order valence-corrected chi connectivity index (χ2v) is 21.0. The molecular weight excluding hydrogens is 516 g/mol. The zero-order valence-corrected chi connectivity index (χ0v) is 33.0. The highest BCUT2D eigenvalue weighted by Gasteiger charge is 2.39. The van der Waals surface area contributed by atoms with Gasteiger partial charge in [-0.1, -0.05) is 171 Å². The van der Waals surface area contributed by atoms with Crippen LogP contribution in [0.2, 0.25) is 0 Å². The minimum atomic E-state index is 0.0299. The Morgan fingerprint density at radius 3 is 1.05 bits per heavy atom. The molecule has 0 bridgehead atoms. The van der Waals surface area contributed by atoms with Crippen LogP contribution < -0.4 is 0 Å². The Hall–Kier alpha value is -1.56. The van der Waals surface area contributed by atoms with Gasteiger partial charge in [0.25, 0.3) is 0 Å². The smallest absolute Gasteiger partial charge is 0.0126 e. The van der Waals surface area contributed by atoms with Crippen molar-refractivity contribution in [3.8, 4) is 0 Å². The third kappa shape index (κ3) is 8.38. The molecule has 0 aliphatic rings. The van der Waals surface area contributed by atoms with E-state index in [0.29, 0.717) is 5.92 Å². The number of hydrogen-bond acceptors (Lipinski definition) is 0. The monoisotopic (exact) mass is 589 g/mol. The van der Waals surface area contributed by atoms with Crippen LogP contribution in [-0.2, 0) is 44.3 Å². The molecule has 2 aromatic rings. The first-order chi connectivity index (χ1) is 18.7. The van der Waals surface area contributed by atoms with Gasteiger partial charge < -0.3 is 0 Å². The van der Waals surface area contributed by atoms with Crippen LogP contribution in [0.3, 0.4) is 0 Å². The lowest BCUT2D eigenvalue weighted by molar-refractivity contribution is 0.470. The Balaban J connectivity index is 3.12. The molecule has 2 aromatic carbocycles. The van der Waals surface area contributed by atoms with Gasteiger partial charge in [-0.3, -0.25) is 0 Å². The number of benzene rings is 2. The van der Waals surface area contributed by atoms with Gasteiger partial charge in [-0.05, 0) is 100 Å². The summed E-state index contributed by atoms with van der Waals surface area (Å²) in [6.45, 7) is 53.1. The fraction of sp³-hybridized carbons (Fsp3) is 0.721. The third-order valence-electron chi connectivity index (χ3n) is 9.14. The van der Waals surface area contributed by atoms with Crippen molar-refractivity contribution in [2.45, 2.75) is 203 Å². The Labute approximate surface area is 270 Å². The Kier molecular flexibility index (Phi) is 9.93. The molecule has 0 aliphatic heterocycles. The maximum atomic E-state index is 2.64. The zero-order valence-electron chi connectivity index (χ0n) is 33.0. The first kappa shape index (κ1) is 37.6. The molecule has 0 radical (unpaired) electrons. The maximum absolute atomic E-state index is 2.64. The van der Waals surface area contributed by atoms with Gasteiger partial charge in [-0.25, -0.2) is 0 Å². The molecule has 1 atom stereocenters. The van der Waals surface area contributed by atoms with E-state index in [1.54, 1.807) is 22.3 Å². The molecule has 0 spiro atoms. The van der Waals surface area contributed by atoms with Crippen LogP contribution in [0.4, 0.5) is 0 Å². The van der Waals surface area contributed by atoms with Gasteiger partial charge in [-0.15, -0.1) is 0 Å². The van der Waals surface area contributed by atoms with E-state index < -0.39 is 0 Å². The van der Waals surface area contributed by atoms with Gasteiger partial charge in [0, 0.05) is 0 Å². The lowest BCUT2D eigenvalue weighted by Gasteiger charge is -2.43. The number of hydrogen-bond donors (Lipinski definition) is 0. The molecule has 0 amide bonds. The summed E-state index contributed by atoms with van der Waals surface area (Å²) in [7, 11) is 0. The van der Waals surface area contributed by atoms with Crippen LogP contribution in [0.5, 0.6) is 0 Å². The van der Waals surface area contributed by atoms with E-state index in [1.165, 1.54) is 27.8 Å². The van der Waals surface area contributed by atoms with Gasteiger partial charge in [-0.2, -0.15) is 0 Å². The molecule has 0 saturated carbocycles. The van der Waals surface area contributed by atoms with Crippen molar-refractivity contribution in [1.82, 2.24) is 0 Å². The molecule has 43 heavy (non-hydrogen) atoms. The molecule has 1 unspecified atom stereocenters. The second-order valence-electron chi connectivity index (χ2n) is 21.0. The van der Waals surface area contributed by atoms with Crippen LogP contribution in [0.25, 0.3) is 0 Å². The van der Waals surface area contributed by atoms with E-state index in [4.69, 9.17) is 0 Å². The molecule has 0 N–H and O–H groups in total. The summed E-state index contributed by atoms with van der Waals surface area (Å²) in [6.07, 6.45) is 1.05. The fourth-order valence-corrected chi connectivity index (χ4v) is 7.21. The average Bonchev–Trinajstić information content (AvgIpc) is 2.72. The highest BCUT2D eigenvalue weighted by atomic mass is 14.4. The Bertz CT molecular complexity index is 1290. The zero-order chi connectivity index (χ0) is 34.1. The largest absolute Gasteiger partial charge is 0.0581 e. The first-order valence-corrected chi connectivity index (χ1v) is 17.1. The van der Waals surface area contributed by atoms with Crippen molar-refractivity contribution in [2.75, 3.05) is 0 Å². The van der Waals surface area contributed by atoms with Gasteiger partial charge in [0.05, 0.1) is 0 Å². The summed E-state index contributed by atoms with van der Waals surface area (Å²) in [5, 5.41) is 0. The third-order valence-corrected chi connectivity index (χ3v) is 9.14. The molecule has 0 heteroatoms. The van der Waals surface area contributed by atoms with E-state index >= 15 is 0 Å². The summed E-state index contributed by atoms with van der Waals surface area (Å²) in [5.41, 5.74) is 14.2. The SMILES string of the molecule is CC(Cc1cc(C(C)(C)C)c(C(C)(C)C)cc1C(C)(C)C)c1cc(C(C)(C)C)c(C(C)(C)C)c(C(C)(C)C)c1C(C)(C)C. The lowest BCUT2D eigenvalue weighted by atomic mass is 9.62. The standard InChI is InChI=1S/C43H72/c1-27(23-28-24-31(38(5,6)7)32(39(8,9)10)26-30(28)37(2,3)4)29-25-33(40(11,12)13)35(42(17,18)19)36(43(20,21)22)34(29)41(14,15)16/h24-27H,23H2,1-22H3. The van der Waals surface area contributed by atoms with Gasteiger partial charge in [0.2, 0.25) is 0 Å². The van der Waals surface area contributed by atoms with Crippen LogP contribution in [0.1, 0.15) is 208 Å². The summed E-state index contributed by atoms with van der Waals surface area (Å²) in [6, 6.07) is 7.83. The molecule has 2 rings (SSSR count). The lowest BCUT2D eigenvalue weighted by Crippen LogP contribution is -2.33. The topological polar surface area (TPSA) is 0 Å². The van der Waals surface area contributed by atoms with Gasteiger partial charge in [0.1, 0.15) is 0 Å². The van der Waals surface area contributed by atoms with Gasteiger partial charge >= 0.3 is 0 Å². The van der Waals surface area contributed by atoms with Crippen LogP contribution >= 0.6 is 0 Å². The molecule has 0 fully saturated rings. The predicted octanol–water partition coefficient (Wildman–Crippen LogP) is 13.1. The minimum Gasteiger partial charge on any atom is -0.0581 e. The van der Waals surface area contributed by atoms with E-state index in [9.17, 15) is 0 Å². The van der Waals surface area contributed by atoms with Crippen molar-refractivity contribution in [1.29, 1.82) is 0 Å². The normalized spacial score (nSPS) is 15.2. The van der Waals surface area contributed by atoms with Crippen molar-refractivity contribution in [3.05, 3.63) is 68.3 Å². The molecule has 0 nitrogen and oxygen atoms in total. The molecule has 0 saturated heterocycles. The molecule has 0 aliphatic carbocycles. The van der Waals surface area contributed by atoms with E-state index in [-0.39, 0.29) is 37.9 Å². The van der Waals surface area contributed by atoms with Crippen molar-refractivity contribution in [2.24, 2.45) is 0 Å². The molecule has 244 valence electrons.